The van der Waals surface area contributed by atoms with Crippen LogP contribution < -0.4 is 15.8 Å². The van der Waals surface area contributed by atoms with Gasteiger partial charge in [-0.25, -0.2) is 0 Å². The van der Waals surface area contributed by atoms with E-state index in [0.29, 0.717) is 11.3 Å². The molecule has 5 N–H and O–H groups in total. The van der Waals surface area contributed by atoms with E-state index >= 15 is 0 Å². The van der Waals surface area contributed by atoms with Gasteiger partial charge in [-0.05, 0) is 36.3 Å². The van der Waals surface area contributed by atoms with E-state index in [9.17, 15) is 9.90 Å². The van der Waals surface area contributed by atoms with E-state index < -0.39 is 11.9 Å². The normalized spacial score (nSPS) is 11.8. The summed E-state index contributed by atoms with van der Waals surface area (Å²) in [5.74, 6) is -0.216. The zero-order valence-electron chi connectivity index (χ0n) is 18.1. The Morgan fingerprint density at radius 3 is 2.44 bits per heavy atom. The minimum atomic E-state index is -0.574. The number of anilines is 1. The summed E-state index contributed by atoms with van der Waals surface area (Å²) in [6.45, 7) is 1.76. The van der Waals surface area contributed by atoms with Crippen LogP contribution in [-0.2, 0) is 0 Å². The molecule has 3 aromatic rings. The predicted molar refractivity (Wildman–Crippen MR) is 128 cm³/mol. The van der Waals surface area contributed by atoms with Crippen LogP contribution in [0.4, 0.5) is 5.69 Å². The molecule has 0 saturated carbocycles. The van der Waals surface area contributed by atoms with Gasteiger partial charge in [0.1, 0.15) is 5.75 Å². The number of nitrogen functional groups attached to an aromatic ring is 1. The third kappa shape index (κ3) is 5.22. The summed E-state index contributed by atoms with van der Waals surface area (Å²) in [6, 6.07) is 19.7. The lowest BCUT2D eigenvalue weighted by Gasteiger charge is -2.19. The zero-order valence-corrected chi connectivity index (χ0v) is 18.1. The molecular weight excluding hydrogens is 402 g/mol. The number of amides is 1. The first-order valence-electron chi connectivity index (χ1n) is 10.2. The number of ether oxygens (including phenoxy) is 1. The summed E-state index contributed by atoms with van der Waals surface area (Å²) in [4.78, 5) is 13.0. The SMILES string of the molecule is COc1c(C(=O)N[C@H](CO)c2ccccc2)ccc(N)c1C(=N)/C=C/c1ccc(C)cc1. The molecule has 6 heteroatoms. The number of hydrogen-bond acceptors (Lipinski definition) is 5. The summed E-state index contributed by atoms with van der Waals surface area (Å²) in [5.41, 5.74) is 10.1. The molecule has 0 aliphatic heterocycles. The van der Waals surface area contributed by atoms with E-state index in [-0.39, 0.29) is 23.6 Å². The summed E-state index contributed by atoms with van der Waals surface area (Å²) in [6.07, 6.45) is 3.44. The maximum absolute atomic E-state index is 13.0. The molecule has 1 atom stereocenters. The van der Waals surface area contributed by atoms with Gasteiger partial charge in [-0.1, -0.05) is 66.2 Å². The molecule has 0 saturated heterocycles. The molecule has 0 fully saturated rings. The monoisotopic (exact) mass is 429 g/mol. The largest absolute Gasteiger partial charge is 0.495 e. The quantitative estimate of drug-likeness (QED) is 0.319. The lowest BCUT2D eigenvalue weighted by molar-refractivity contribution is 0.0913. The molecule has 0 spiro atoms. The Kier molecular flexibility index (Phi) is 7.41. The van der Waals surface area contributed by atoms with Crippen LogP contribution in [0.15, 0.2) is 72.8 Å². The van der Waals surface area contributed by atoms with Crippen LogP contribution in [0.2, 0.25) is 0 Å². The highest BCUT2D eigenvalue weighted by molar-refractivity contribution is 6.15. The number of nitrogens with one attached hydrogen (secondary N) is 2. The molecule has 32 heavy (non-hydrogen) atoms. The van der Waals surface area contributed by atoms with Crippen molar-refractivity contribution < 1.29 is 14.6 Å². The van der Waals surface area contributed by atoms with Gasteiger partial charge in [0.05, 0.1) is 36.6 Å². The number of benzene rings is 3. The number of allylic oxidation sites excluding steroid dienone is 1. The summed E-state index contributed by atoms with van der Waals surface area (Å²) in [7, 11) is 1.44. The highest BCUT2D eigenvalue weighted by Crippen LogP contribution is 2.30. The number of carbonyl (C=O) groups is 1. The van der Waals surface area contributed by atoms with Gasteiger partial charge in [-0.2, -0.15) is 0 Å². The minimum absolute atomic E-state index is 0.122. The van der Waals surface area contributed by atoms with Gasteiger partial charge in [-0.15, -0.1) is 0 Å². The number of aliphatic hydroxyl groups is 1. The lowest BCUT2D eigenvalue weighted by atomic mass is 10.00. The summed E-state index contributed by atoms with van der Waals surface area (Å²) >= 11 is 0. The second kappa shape index (κ2) is 10.4. The molecular formula is C26H27N3O3. The molecule has 0 bridgehead atoms. The molecule has 6 nitrogen and oxygen atoms in total. The third-order valence-corrected chi connectivity index (χ3v) is 5.12. The number of aryl methyl sites for hydroxylation is 1. The minimum Gasteiger partial charge on any atom is -0.495 e. The van der Waals surface area contributed by atoms with Crippen molar-refractivity contribution >= 4 is 23.4 Å². The molecule has 0 unspecified atom stereocenters. The molecule has 0 radical (unpaired) electrons. The molecule has 0 aliphatic rings. The first-order valence-corrected chi connectivity index (χ1v) is 10.2. The Bertz CT molecular complexity index is 1120. The van der Waals surface area contributed by atoms with Gasteiger partial charge >= 0.3 is 0 Å². The summed E-state index contributed by atoms with van der Waals surface area (Å²) < 4.78 is 5.51. The number of nitrogens with two attached hydrogens (primary N) is 1. The topological polar surface area (TPSA) is 108 Å². The number of carbonyl (C=O) groups excluding carboxylic acids is 1. The molecule has 3 aromatic carbocycles. The average Bonchev–Trinajstić information content (AvgIpc) is 2.82. The van der Waals surface area contributed by atoms with Crippen molar-refractivity contribution in [3.05, 3.63) is 101 Å². The first kappa shape index (κ1) is 22.8. The average molecular weight is 430 g/mol. The van der Waals surface area contributed by atoms with E-state index in [4.69, 9.17) is 15.9 Å². The van der Waals surface area contributed by atoms with Gasteiger partial charge in [-0.3, -0.25) is 4.79 Å². The number of rotatable bonds is 8. The van der Waals surface area contributed by atoms with E-state index in [2.05, 4.69) is 5.32 Å². The Morgan fingerprint density at radius 1 is 1.12 bits per heavy atom. The fraction of sp³-hybridized carbons (Fsp3) is 0.154. The van der Waals surface area contributed by atoms with Crippen LogP contribution in [0, 0.1) is 12.3 Å². The van der Waals surface area contributed by atoms with Crippen molar-refractivity contribution in [2.24, 2.45) is 0 Å². The van der Waals surface area contributed by atoms with Crippen LogP contribution >= 0.6 is 0 Å². The van der Waals surface area contributed by atoms with Gasteiger partial charge in [0.15, 0.2) is 0 Å². The Hall–Kier alpha value is -3.90. The Labute approximate surface area is 187 Å². The molecule has 164 valence electrons. The predicted octanol–water partition coefficient (Wildman–Crippen LogP) is 4.13. The molecule has 0 heterocycles. The second-order valence-corrected chi connectivity index (χ2v) is 7.39. The smallest absolute Gasteiger partial charge is 0.255 e. The highest BCUT2D eigenvalue weighted by Gasteiger charge is 2.22. The van der Waals surface area contributed by atoms with Crippen LogP contribution in [0.5, 0.6) is 5.75 Å². The first-order chi connectivity index (χ1) is 15.4. The summed E-state index contributed by atoms with van der Waals surface area (Å²) in [5, 5.41) is 21.1. The second-order valence-electron chi connectivity index (χ2n) is 7.39. The van der Waals surface area contributed by atoms with Crippen LogP contribution in [0.3, 0.4) is 0 Å². The fourth-order valence-corrected chi connectivity index (χ4v) is 3.36. The van der Waals surface area contributed by atoms with E-state index in [1.54, 1.807) is 18.2 Å². The van der Waals surface area contributed by atoms with E-state index in [1.165, 1.54) is 7.11 Å². The van der Waals surface area contributed by atoms with Crippen molar-refractivity contribution in [1.29, 1.82) is 5.41 Å². The van der Waals surface area contributed by atoms with E-state index in [1.807, 2.05) is 67.6 Å². The Morgan fingerprint density at radius 2 is 1.81 bits per heavy atom. The van der Waals surface area contributed by atoms with Gasteiger partial charge in [0.2, 0.25) is 0 Å². The Balaban J connectivity index is 1.89. The molecule has 0 aromatic heterocycles. The lowest BCUT2D eigenvalue weighted by Crippen LogP contribution is -2.31. The molecule has 1 amide bonds. The zero-order chi connectivity index (χ0) is 23.1. The number of methoxy groups -OCH3 is 1. The number of aliphatic hydroxyl groups excluding tert-OH is 1. The molecule has 3 rings (SSSR count). The third-order valence-electron chi connectivity index (χ3n) is 5.12. The van der Waals surface area contributed by atoms with E-state index in [0.717, 1.165) is 16.7 Å². The van der Waals surface area contributed by atoms with Gasteiger partial charge in [0.25, 0.3) is 5.91 Å². The van der Waals surface area contributed by atoms with Crippen LogP contribution in [0.25, 0.3) is 6.08 Å². The highest BCUT2D eigenvalue weighted by atomic mass is 16.5. The van der Waals surface area contributed by atoms with Crippen molar-refractivity contribution in [1.82, 2.24) is 5.32 Å². The van der Waals surface area contributed by atoms with Crippen molar-refractivity contribution in [2.75, 3.05) is 19.5 Å². The maximum Gasteiger partial charge on any atom is 0.255 e. The standard InChI is InChI=1S/C26H27N3O3/c1-17-8-10-18(11-9-17)12-14-21(27)24-22(28)15-13-20(25(24)32-2)26(31)29-23(16-30)19-6-4-3-5-7-19/h3-15,23,27,30H,16,28H2,1-2H3,(H,29,31)/b14-12+,27-21?/t23-/m1/s1. The van der Waals surface area contributed by atoms with Gasteiger partial charge < -0.3 is 26.3 Å². The van der Waals surface area contributed by atoms with Crippen molar-refractivity contribution in [3.63, 3.8) is 0 Å². The fourth-order valence-electron chi connectivity index (χ4n) is 3.36. The van der Waals surface area contributed by atoms with Crippen molar-refractivity contribution in [3.8, 4) is 5.75 Å². The number of hydrogen-bond donors (Lipinski definition) is 4. The van der Waals surface area contributed by atoms with Crippen LogP contribution in [-0.4, -0.2) is 30.4 Å². The molecule has 0 aliphatic carbocycles. The van der Waals surface area contributed by atoms with Crippen molar-refractivity contribution in [2.45, 2.75) is 13.0 Å². The maximum atomic E-state index is 13.0. The van der Waals surface area contributed by atoms with Gasteiger partial charge in [0, 0.05) is 5.69 Å². The van der Waals surface area contributed by atoms with Crippen LogP contribution in [0.1, 0.15) is 38.7 Å².